The molecule has 0 aliphatic heterocycles. The second kappa shape index (κ2) is 5.08. The van der Waals surface area contributed by atoms with Crippen LogP contribution >= 0.6 is 23.2 Å². The summed E-state index contributed by atoms with van der Waals surface area (Å²) in [6.07, 6.45) is 2.65. The Morgan fingerprint density at radius 2 is 1.88 bits per heavy atom. The molecule has 1 heterocycles. The summed E-state index contributed by atoms with van der Waals surface area (Å²) in [5.41, 5.74) is 8.62. The number of halogens is 2. The van der Waals surface area contributed by atoms with Crippen molar-refractivity contribution in [2.45, 2.75) is 13.3 Å². The van der Waals surface area contributed by atoms with E-state index in [-0.39, 0.29) is 0 Å². The summed E-state index contributed by atoms with van der Waals surface area (Å²) in [7, 11) is 0. The first-order valence-electron chi connectivity index (χ1n) is 5.32. The molecule has 0 spiro atoms. The summed E-state index contributed by atoms with van der Waals surface area (Å²) in [6, 6.07) is 5.37. The predicted octanol–water partition coefficient (Wildman–Crippen LogP) is 2.99. The van der Waals surface area contributed by atoms with E-state index in [4.69, 9.17) is 28.9 Å². The topological polar surface area (TPSA) is 43.8 Å². The maximum absolute atomic E-state index is 5.97. The van der Waals surface area contributed by atoms with E-state index in [1.807, 2.05) is 29.9 Å². The van der Waals surface area contributed by atoms with Gasteiger partial charge in [-0.25, -0.2) is 4.68 Å². The third-order valence-corrected chi connectivity index (χ3v) is 3.05. The molecule has 0 unspecified atom stereocenters. The summed E-state index contributed by atoms with van der Waals surface area (Å²) in [4.78, 5) is 0. The molecule has 1 aromatic carbocycles. The van der Waals surface area contributed by atoms with Crippen LogP contribution in [-0.4, -0.2) is 16.3 Å². The molecule has 2 N–H and O–H groups in total. The highest BCUT2D eigenvalue weighted by molar-refractivity contribution is 6.34. The molecule has 0 saturated heterocycles. The lowest BCUT2D eigenvalue weighted by molar-refractivity contribution is 0.841. The molecule has 17 heavy (non-hydrogen) atoms. The monoisotopic (exact) mass is 269 g/mol. The van der Waals surface area contributed by atoms with Crippen molar-refractivity contribution in [1.82, 2.24) is 9.78 Å². The zero-order chi connectivity index (χ0) is 12.4. The maximum atomic E-state index is 5.97. The van der Waals surface area contributed by atoms with Crippen molar-refractivity contribution >= 4 is 23.2 Å². The zero-order valence-electron chi connectivity index (χ0n) is 9.45. The van der Waals surface area contributed by atoms with Crippen LogP contribution in [0, 0.1) is 6.92 Å². The van der Waals surface area contributed by atoms with Crippen molar-refractivity contribution in [3.05, 3.63) is 45.7 Å². The number of hydrogen-bond acceptors (Lipinski definition) is 2. The number of nitrogens with two attached hydrogens (primary N) is 1. The Kier molecular flexibility index (Phi) is 3.72. The fourth-order valence-electron chi connectivity index (χ4n) is 1.77. The Morgan fingerprint density at radius 1 is 1.24 bits per heavy atom. The van der Waals surface area contributed by atoms with Crippen molar-refractivity contribution in [3.8, 4) is 5.69 Å². The molecule has 5 heteroatoms. The standard InChI is InChI=1S/C12H13Cl2N3/c1-8-9(2-3-15)7-16-17(8)12-5-10(13)4-11(14)6-12/h4-7H,2-3,15H2,1H3. The normalized spacial score (nSPS) is 10.8. The number of hydrogen-bond donors (Lipinski definition) is 1. The minimum absolute atomic E-state index is 0.600. The minimum atomic E-state index is 0.600. The van der Waals surface area contributed by atoms with E-state index >= 15 is 0 Å². The van der Waals surface area contributed by atoms with Crippen LogP contribution in [0.5, 0.6) is 0 Å². The van der Waals surface area contributed by atoms with Gasteiger partial charge in [-0.05, 0) is 43.7 Å². The summed E-state index contributed by atoms with van der Waals surface area (Å²) >= 11 is 11.9. The smallest absolute Gasteiger partial charge is 0.0678 e. The van der Waals surface area contributed by atoms with Crippen LogP contribution in [0.15, 0.2) is 24.4 Å². The molecule has 1 aromatic heterocycles. The molecule has 0 atom stereocenters. The number of aromatic nitrogens is 2. The third kappa shape index (κ3) is 2.63. The van der Waals surface area contributed by atoms with Gasteiger partial charge in [0.15, 0.2) is 0 Å². The molecule has 0 aliphatic carbocycles. The molecular weight excluding hydrogens is 257 g/mol. The van der Waals surface area contributed by atoms with Crippen LogP contribution in [-0.2, 0) is 6.42 Å². The molecule has 2 rings (SSSR count). The van der Waals surface area contributed by atoms with Gasteiger partial charge in [0.05, 0.1) is 11.9 Å². The molecule has 0 radical (unpaired) electrons. The van der Waals surface area contributed by atoms with Gasteiger partial charge < -0.3 is 5.73 Å². The molecule has 2 aromatic rings. The highest BCUT2D eigenvalue weighted by atomic mass is 35.5. The fraction of sp³-hybridized carbons (Fsp3) is 0.250. The van der Waals surface area contributed by atoms with Gasteiger partial charge in [-0.2, -0.15) is 5.10 Å². The predicted molar refractivity (Wildman–Crippen MR) is 71.1 cm³/mol. The van der Waals surface area contributed by atoms with Crippen molar-refractivity contribution < 1.29 is 0 Å². The van der Waals surface area contributed by atoms with E-state index in [1.165, 1.54) is 0 Å². The van der Waals surface area contributed by atoms with Crippen molar-refractivity contribution in [2.24, 2.45) is 5.73 Å². The first kappa shape index (κ1) is 12.4. The molecular formula is C12H13Cl2N3. The quantitative estimate of drug-likeness (QED) is 0.931. The summed E-state index contributed by atoms with van der Waals surface area (Å²) in [5, 5.41) is 5.53. The average Bonchev–Trinajstić information content (AvgIpc) is 2.60. The fourth-order valence-corrected chi connectivity index (χ4v) is 2.28. The largest absolute Gasteiger partial charge is 0.330 e. The number of rotatable bonds is 3. The van der Waals surface area contributed by atoms with E-state index < -0.39 is 0 Å². The van der Waals surface area contributed by atoms with E-state index in [2.05, 4.69) is 5.10 Å². The lowest BCUT2D eigenvalue weighted by Crippen LogP contribution is -2.04. The Bertz CT molecular complexity index is 514. The van der Waals surface area contributed by atoms with Gasteiger partial charge in [-0.3, -0.25) is 0 Å². The Hall–Kier alpha value is -1.03. The lowest BCUT2D eigenvalue weighted by Gasteiger charge is -2.06. The van der Waals surface area contributed by atoms with Crippen LogP contribution in [0.4, 0.5) is 0 Å². The second-order valence-corrected chi connectivity index (χ2v) is 4.71. The first-order valence-corrected chi connectivity index (χ1v) is 6.07. The highest BCUT2D eigenvalue weighted by Crippen LogP contribution is 2.23. The van der Waals surface area contributed by atoms with Crippen LogP contribution in [0.1, 0.15) is 11.3 Å². The molecule has 0 fully saturated rings. The summed E-state index contributed by atoms with van der Waals surface area (Å²) in [6.45, 7) is 2.62. The van der Waals surface area contributed by atoms with Crippen LogP contribution in [0.2, 0.25) is 10.0 Å². The molecule has 0 aliphatic rings. The second-order valence-electron chi connectivity index (χ2n) is 3.83. The maximum Gasteiger partial charge on any atom is 0.0678 e. The average molecular weight is 270 g/mol. The minimum Gasteiger partial charge on any atom is -0.330 e. The van der Waals surface area contributed by atoms with Crippen LogP contribution in [0.25, 0.3) is 5.69 Å². The van der Waals surface area contributed by atoms with E-state index in [9.17, 15) is 0 Å². The SMILES string of the molecule is Cc1c(CCN)cnn1-c1cc(Cl)cc(Cl)c1. The van der Waals surface area contributed by atoms with Gasteiger partial charge in [0, 0.05) is 15.7 Å². The lowest BCUT2D eigenvalue weighted by atomic mass is 10.2. The Balaban J connectivity index is 2.45. The third-order valence-electron chi connectivity index (χ3n) is 2.62. The van der Waals surface area contributed by atoms with Crippen molar-refractivity contribution in [3.63, 3.8) is 0 Å². The molecule has 0 amide bonds. The van der Waals surface area contributed by atoms with Gasteiger partial charge in [0.2, 0.25) is 0 Å². The van der Waals surface area contributed by atoms with E-state index in [1.54, 1.807) is 6.07 Å². The van der Waals surface area contributed by atoms with Crippen molar-refractivity contribution in [2.75, 3.05) is 6.54 Å². The van der Waals surface area contributed by atoms with Crippen molar-refractivity contribution in [1.29, 1.82) is 0 Å². The number of nitrogens with zero attached hydrogens (tertiary/aromatic N) is 2. The Labute approximate surface area is 110 Å². The van der Waals surface area contributed by atoms with Crippen LogP contribution < -0.4 is 5.73 Å². The van der Waals surface area contributed by atoms with Gasteiger partial charge in [-0.15, -0.1) is 0 Å². The molecule has 90 valence electrons. The molecule has 0 bridgehead atoms. The van der Waals surface area contributed by atoms with E-state index in [0.717, 1.165) is 23.4 Å². The highest BCUT2D eigenvalue weighted by Gasteiger charge is 2.08. The van der Waals surface area contributed by atoms with Gasteiger partial charge in [-0.1, -0.05) is 23.2 Å². The number of benzene rings is 1. The molecule has 3 nitrogen and oxygen atoms in total. The zero-order valence-corrected chi connectivity index (χ0v) is 11.0. The van der Waals surface area contributed by atoms with Gasteiger partial charge in [0.1, 0.15) is 0 Å². The van der Waals surface area contributed by atoms with E-state index in [0.29, 0.717) is 16.6 Å². The van der Waals surface area contributed by atoms with Gasteiger partial charge >= 0.3 is 0 Å². The first-order chi connectivity index (χ1) is 8.11. The van der Waals surface area contributed by atoms with Gasteiger partial charge in [0.25, 0.3) is 0 Å². The summed E-state index contributed by atoms with van der Waals surface area (Å²) in [5.74, 6) is 0. The summed E-state index contributed by atoms with van der Waals surface area (Å²) < 4.78 is 1.82. The molecule has 0 saturated carbocycles. The Morgan fingerprint density at radius 3 is 2.47 bits per heavy atom. The van der Waals surface area contributed by atoms with Crippen LogP contribution in [0.3, 0.4) is 0 Å².